The van der Waals surface area contributed by atoms with Crippen molar-refractivity contribution in [3.63, 3.8) is 0 Å². The third-order valence-electron chi connectivity index (χ3n) is 3.43. The Morgan fingerprint density at radius 2 is 1.92 bits per heavy atom. The molecule has 2 aromatic rings. The molecule has 0 unspecified atom stereocenters. The molecule has 3 N–H and O–H groups in total. The molecule has 0 fully saturated rings. The second kappa shape index (κ2) is 10.0. The summed E-state index contributed by atoms with van der Waals surface area (Å²) in [7, 11) is 3.23. The molecule has 0 radical (unpaired) electrons. The zero-order valence-corrected chi connectivity index (χ0v) is 16.5. The van der Waals surface area contributed by atoms with Crippen molar-refractivity contribution in [2.75, 3.05) is 26.1 Å². The molecule has 0 spiro atoms. The lowest BCUT2D eigenvalue weighted by Crippen LogP contribution is -2.23. The van der Waals surface area contributed by atoms with Gasteiger partial charge in [-0.05, 0) is 31.0 Å². The number of halogens is 1. The van der Waals surface area contributed by atoms with Gasteiger partial charge in [-0.2, -0.15) is 0 Å². The molecule has 5 nitrogen and oxygen atoms in total. The molecule has 6 heteroatoms. The van der Waals surface area contributed by atoms with Crippen LogP contribution in [0.1, 0.15) is 11.1 Å². The van der Waals surface area contributed by atoms with E-state index in [4.69, 9.17) is 15.2 Å². The van der Waals surface area contributed by atoms with E-state index in [0.717, 1.165) is 17.9 Å². The van der Waals surface area contributed by atoms with Gasteiger partial charge in [0.2, 0.25) is 0 Å². The minimum atomic E-state index is 0. The lowest BCUT2D eigenvalue weighted by Gasteiger charge is -2.12. The molecule has 0 saturated carbocycles. The number of hydrogen-bond acceptors (Lipinski definition) is 3. The lowest BCUT2D eigenvalue weighted by atomic mass is 10.1. The zero-order chi connectivity index (χ0) is 16.7. The summed E-state index contributed by atoms with van der Waals surface area (Å²) in [6.45, 7) is 2.70. The highest BCUT2D eigenvalue weighted by atomic mass is 127. The number of nitrogens with two attached hydrogens (primary N) is 1. The largest absolute Gasteiger partial charge is 0.497 e. The van der Waals surface area contributed by atoms with E-state index in [2.05, 4.69) is 41.5 Å². The van der Waals surface area contributed by atoms with Gasteiger partial charge in [-0.1, -0.05) is 29.8 Å². The van der Waals surface area contributed by atoms with Gasteiger partial charge in [-0.15, -0.1) is 24.0 Å². The number of benzene rings is 2. The lowest BCUT2D eigenvalue weighted by molar-refractivity contribution is 0.405. The van der Waals surface area contributed by atoms with Crippen molar-refractivity contribution in [3.8, 4) is 11.5 Å². The first-order chi connectivity index (χ1) is 11.1. The van der Waals surface area contributed by atoms with Crippen molar-refractivity contribution < 1.29 is 9.47 Å². The summed E-state index contributed by atoms with van der Waals surface area (Å²) >= 11 is 0. The third kappa shape index (κ3) is 5.92. The molecule has 0 bridgehead atoms. The maximum absolute atomic E-state index is 5.96. The maximum Gasteiger partial charge on any atom is 0.193 e. The summed E-state index contributed by atoms with van der Waals surface area (Å²) in [6, 6.07) is 13.9. The Hall–Kier alpha value is -1.96. The average molecular weight is 441 g/mol. The van der Waals surface area contributed by atoms with Crippen molar-refractivity contribution in [3.05, 3.63) is 53.6 Å². The Kier molecular flexibility index (Phi) is 8.39. The standard InChI is InChI=1S/C18H23N3O2.HI/c1-13-5-4-6-14(11-13)9-10-20-18(19)21-16-12-15(22-2)7-8-17(16)23-3;/h4-8,11-12H,9-10H2,1-3H3,(H3,19,20,21);1H. The molecule has 0 atom stereocenters. The summed E-state index contributed by atoms with van der Waals surface area (Å²) < 4.78 is 10.5. The molecule has 130 valence electrons. The van der Waals surface area contributed by atoms with Crippen LogP contribution in [0.5, 0.6) is 11.5 Å². The zero-order valence-electron chi connectivity index (χ0n) is 14.2. The van der Waals surface area contributed by atoms with Gasteiger partial charge in [0.05, 0.1) is 19.9 Å². The second-order valence-corrected chi connectivity index (χ2v) is 5.20. The molecule has 0 heterocycles. The molecule has 0 aliphatic heterocycles. The maximum atomic E-state index is 5.96. The quantitative estimate of drug-likeness (QED) is 0.409. The Morgan fingerprint density at radius 1 is 1.12 bits per heavy atom. The number of ether oxygens (including phenoxy) is 2. The van der Waals surface area contributed by atoms with Crippen LogP contribution in [0.3, 0.4) is 0 Å². The highest BCUT2D eigenvalue weighted by Gasteiger charge is 2.06. The topological polar surface area (TPSA) is 68.9 Å². The van der Waals surface area contributed by atoms with Crippen LogP contribution in [0.25, 0.3) is 0 Å². The fourth-order valence-corrected chi connectivity index (χ4v) is 2.26. The van der Waals surface area contributed by atoms with E-state index >= 15 is 0 Å². The normalized spacial score (nSPS) is 10.7. The third-order valence-corrected chi connectivity index (χ3v) is 3.43. The van der Waals surface area contributed by atoms with Crippen molar-refractivity contribution in [1.82, 2.24) is 0 Å². The van der Waals surface area contributed by atoms with Crippen molar-refractivity contribution >= 4 is 35.6 Å². The van der Waals surface area contributed by atoms with Crippen molar-refractivity contribution in [1.29, 1.82) is 0 Å². The smallest absolute Gasteiger partial charge is 0.193 e. The van der Waals surface area contributed by atoms with E-state index in [-0.39, 0.29) is 24.0 Å². The Bertz CT molecular complexity index is 690. The van der Waals surface area contributed by atoms with Gasteiger partial charge in [0.15, 0.2) is 5.96 Å². The van der Waals surface area contributed by atoms with Crippen LogP contribution in [0.2, 0.25) is 0 Å². The van der Waals surface area contributed by atoms with Crippen LogP contribution < -0.4 is 20.5 Å². The van der Waals surface area contributed by atoms with Crippen LogP contribution in [0.4, 0.5) is 5.69 Å². The van der Waals surface area contributed by atoms with Crippen LogP contribution in [-0.4, -0.2) is 26.7 Å². The Labute approximate surface area is 160 Å². The molecular formula is C18H24IN3O2. The number of aliphatic imine (C=N–C) groups is 1. The monoisotopic (exact) mass is 441 g/mol. The van der Waals surface area contributed by atoms with Gasteiger partial charge >= 0.3 is 0 Å². The van der Waals surface area contributed by atoms with Crippen molar-refractivity contribution in [2.24, 2.45) is 10.7 Å². The molecule has 0 amide bonds. The molecule has 24 heavy (non-hydrogen) atoms. The number of hydrogen-bond donors (Lipinski definition) is 2. The molecule has 0 saturated heterocycles. The summed E-state index contributed by atoms with van der Waals surface area (Å²) in [6.07, 6.45) is 0.847. The summed E-state index contributed by atoms with van der Waals surface area (Å²) in [5, 5.41) is 3.06. The molecule has 2 aromatic carbocycles. The van der Waals surface area contributed by atoms with E-state index in [0.29, 0.717) is 18.3 Å². The number of nitrogens with one attached hydrogen (secondary N) is 1. The molecule has 0 aliphatic rings. The highest BCUT2D eigenvalue weighted by molar-refractivity contribution is 14.0. The van der Waals surface area contributed by atoms with E-state index in [1.807, 2.05) is 18.2 Å². The predicted octanol–water partition coefficient (Wildman–Crippen LogP) is 3.60. The van der Waals surface area contributed by atoms with E-state index in [1.165, 1.54) is 11.1 Å². The van der Waals surface area contributed by atoms with Crippen molar-refractivity contribution in [2.45, 2.75) is 13.3 Å². The molecular weight excluding hydrogens is 417 g/mol. The number of rotatable bonds is 6. The van der Waals surface area contributed by atoms with Crippen LogP contribution >= 0.6 is 24.0 Å². The van der Waals surface area contributed by atoms with Gasteiger partial charge in [-0.3, -0.25) is 4.99 Å². The Morgan fingerprint density at radius 3 is 2.58 bits per heavy atom. The summed E-state index contributed by atoms with van der Waals surface area (Å²) in [5.41, 5.74) is 9.18. The van der Waals surface area contributed by atoms with Gasteiger partial charge in [-0.25, -0.2) is 0 Å². The number of anilines is 1. The number of methoxy groups -OCH3 is 2. The van der Waals surface area contributed by atoms with E-state index in [1.54, 1.807) is 14.2 Å². The minimum Gasteiger partial charge on any atom is -0.497 e. The number of nitrogens with zero attached hydrogens (tertiary/aromatic N) is 1. The molecule has 0 aliphatic carbocycles. The summed E-state index contributed by atoms with van der Waals surface area (Å²) in [4.78, 5) is 4.36. The predicted molar refractivity (Wildman–Crippen MR) is 110 cm³/mol. The average Bonchev–Trinajstić information content (AvgIpc) is 2.55. The first kappa shape index (κ1) is 20.1. The Balaban J connectivity index is 0.00000288. The van der Waals surface area contributed by atoms with E-state index < -0.39 is 0 Å². The van der Waals surface area contributed by atoms with Gasteiger partial charge < -0.3 is 20.5 Å². The highest BCUT2D eigenvalue weighted by Crippen LogP contribution is 2.28. The van der Waals surface area contributed by atoms with E-state index in [9.17, 15) is 0 Å². The van der Waals surface area contributed by atoms with Gasteiger partial charge in [0.25, 0.3) is 0 Å². The van der Waals surface area contributed by atoms with Crippen LogP contribution in [-0.2, 0) is 6.42 Å². The fraction of sp³-hybridized carbons (Fsp3) is 0.278. The first-order valence-electron chi connectivity index (χ1n) is 7.47. The first-order valence-corrected chi connectivity index (χ1v) is 7.47. The fourth-order valence-electron chi connectivity index (χ4n) is 2.26. The minimum absolute atomic E-state index is 0. The van der Waals surface area contributed by atoms with Gasteiger partial charge in [0.1, 0.15) is 11.5 Å². The SMILES string of the molecule is COc1ccc(OC)c(NC(N)=NCCc2cccc(C)c2)c1.I. The molecule has 2 rings (SSSR count). The van der Waals surface area contributed by atoms with Gasteiger partial charge in [0, 0.05) is 12.6 Å². The number of aryl methyl sites for hydroxylation is 1. The van der Waals surface area contributed by atoms with Crippen LogP contribution in [0.15, 0.2) is 47.5 Å². The molecule has 0 aromatic heterocycles. The second-order valence-electron chi connectivity index (χ2n) is 5.20. The number of guanidine groups is 1. The summed E-state index contributed by atoms with van der Waals surface area (Å²) in [5.74, 6) is 1.76. The van der Waals surface area contributed by atoms with Crippen LogP contribution in [0, 0.1) is 6.92 Å².